The Hall–Kier alpha value is -2.44. The number of carbonyl (C=O) groups excluding carboxylic acids is 2. The molecule has 0 atom stereocenters. The first-order valence-corrected chi connectivity index (χ1v) is 5.10. The van der Waals surface area contributed by atoms with E-state index in [9.17, 15) is 9.59 Å². The number of hydrogen-bond acceptors (Lipinski definition) is 6. The zero-order valence-corrected chi connectivity index (χ0v) is 10.1. The monoisotopic (exact) mass is 249 g/mol. The zero-order valence-electron chi connectivity index (χ0n) is 10.1. The van der Waals surface area contributed by atoms with Gasteiger partial charge in [0.1, 0.15) is 11.8 Å². The number of aryl methyl sites for hydroxylation is 1. The Morgan fingerprint density at radius 3 is 2.50 bits per heavy atom. The van der Waals surface area contributed by atoms with Crippen molar-refractivity contribution in [1.29, 1.82) is 0 Å². The minimum absolute atomic E-state index is 0.0287. The molecule has 7 nitrogen and oxygen atoms in total. The van der Waals surface area contributed by atoms with Crippen LogP contribution < -0.4 is 0 Å². The maximum Gasteiger partial charge on any atom is 0.359 e. The first-order chi connectivity index (χ1) is 8.60. The minimum atomic E-state index is -0.634. The highest BCUT2D eigenvalue weighted by molar-refractivity contribution is 6.05. The second-order valence-corrected chi connectivity index (χ2v) is 3.55. The van der Waals surface area contributed by atoms with Crippen LogP contribution in [-0.4, -0.2) is 40.8 Å². The number of fused-ring (bicyclic) bond motifs is 1. The van der Waals surface area contributed by atoms with E-state index in [1.54, 1.807) is 13.0 Å². The Balaban J connectivity index is 2.80. The lowest BCUT2D eigenvalue weighted by molar-refractivity contribution is 0.0595. The van der Waals surface area contributed by atoms with Crippen molar-refractivity contribution >= 4 is 17.5 Å². The van der Waals surface area contributed by atoms with Crippen LogP contribution in [0.5, 0.6) is 0 Å². The molecule has 0 fully saturated rings. The Morgan fingerprint density at radius 2 is 1.89 bits per heavy atom. The van der Waals surface area contributed by atoms with Crippen LogP contribution in [0.15, 0.2) is 12.4 Å². The molecule has 2 rings (SSSR count). The van der Waals surface area contributed by atoms with Gasteiger partial charge in [-0.05, 0) is 13.0 Å². The van der Waals surface area contributed by atoms with Crippen LogP contribution in [0, 0.1) is 6.92 Å². The number of carbonyl (C=O) groups is 2. The van der Waals surface area contributed by atoms with Crippen molar-refractivity contribution in [2.75, 3.05) is 14.2 Å². The summed E-state index contributed by atoms with van der Waals surface area (Å²) in [7, 11) is 2.51. The third kappa shape index (κ3) is 1.69. The quantitative estimate of drug-likeness (QED) is 0.725. The van der Waals surface area contributed by atoms with Gasteiger partial charge in [0.05, 0.1) is 19.8 Å². The number of ether oxygens (including phenoxy) is 2. The molecule has 0 saturated carbocycles. The van der Waals surface area contributed by atoms with Crippen molar-refractivity contribution in [1.82, 2.24) is 14.6 Å². The van der Waals surface area contributed by atoms with E-state index in [2.05, 4.69) is 19.6 Å². The molecule has 0 unspecified atom stereocenters. The fourth-order valence-corrected chi connectivity index (χ4v) is 1.71. The number of aromatic nitrogens is 3. The third-order valence-corrected chi connectivity index (χ3v) is 2.52. The van der Waals surface area contributed by atoms with Crippen molar-refractivity contribution < 1.29 is 19.1 Å². The lowest BCUT2D eigenvalue weighted by Crippen LogP contribution is -2.11. The van der Waals surface area contributed by atoms with Crippen LogP contribution in [0.25, 0.3) is 5.52 Å². The summed E-state index contributed by atoms with van der Waals surface area (Å²) >= 11 is 0. The maximum absolute atomic E-state index is 11.7. The third-order valence-electron chi connectivity index (χ3n) is 2.52. The molecule has 0 saturated heterocycles. The molecule has 0 aliphatic heterocycles. The fourth-order valence-electron chi connectivity index (χ4n) is 1.71. The average Bonchev–Trinajstić information content (AvgIpc) is 2.74. The highest BCUT2D eigenvalue weighted by atomic mass is 16.5. The molecule has 0 aliphatic carbocycles. The molecular formula is C11H11N3O4. The molecule has 0 aliphatic rings. The Morgan fingerprint density at radius 1 is 1.22 bits per heavy atom. The maximum atomic E-state index is 11.7. The Bertz CT molecular complexity index is 632. The molecule has 7 heteroatoms. The number of methoxy groups -OCH3 is 2. The molecule has 2 aromatic rings. The molecular weight excluding hydrogens is 238 g/mol. The van der Waals surface area contributed by atoms with Gasteiger partial charge in [0.2, 0.25) is 0 Å². The second kappa shape index (κ2) is 4.44. The van der Waals surface area contributed by atoms with E-state index >= 15 is 0 Å². The molecule has 0 aromatic carbocycles. The normalized spacial score (nSPS) is 10.4. The van der Waals surface area contributed by atoms with Gasteiger partial charge >= 0.3 is 11.9 Å². The van der Waals surface area contributed by atoms with Gasteiger partial charge in [0, 0.05) is 5.69 Å². The van der Waals surface area contributed by atoms with Crippen LogP contribution in [0.1, 0.15) is 26.5 Å². The molecule has 2 aromatic heterocycles. The van der Waals surface area contributed by atoms with E-state index in [0.717, 1.165) is 0 Å². The van der Waals surface area contributed by atoms with E-state index in [-0.39, 0.29) is 16.8 Å². The smallest absolute Gasteiger partial charge is 0.359 e. The molecule has 0 radical (unpaired) electrons. The predicted octanol–water partition coefficient (Wildman–Crippen LogP) is 0.611. The van der Waals surface area contributed by atoms with Gasteiger partial charge < -0.3 is 9.47 Å². The standard InChI is InChI=1S/C11H11N3O4/c1-6-4-7(10(15)17-2)9-8(11(16)18-3)12-5-13-14(6)9/h4-5H,1-3H3. The van der Waals surface area contributed by atoms with E-state index in [1.807, 2.05) is 0 Å². The van der Waals surface area contributed by atoms with Gasteiger partial charge in [-0.15, -0.1) is 0 Å². The van der Waals surface area contributed by atoms with Gasteiger partial charge in [-0.25, -0.2) is 19.1 Å². The summed E-state index contributed by atoms with van der Waals surface area (Å²) in [6.07, 6.45) is 1.23. The highest BCUT2D eigenvalue weighted by Crippen LogP contribution is 2.19. The Labute approximate surface area is 102 Å². The van der Waals surface area contributed by atoms with Crippen molar-refractivity contribution in [3.63, 3.8) is 0 Å². The van der Waals surface area contributed by atoms with Crippen LogP contribution in [0.2, 0.25) is 0 Å². The van der Waals surface area contributed by atoms with Gasteiger partial charge in [-0.1, -0.05) is 0 Å². The molecule has 0 N–H and O–H groups in total. The molecule has 2 heterocycles. The van der Waals surface area contributed by atoms with Crippen molar-refractivity contribution in [3.8, 4) is 0 Å². The highest BCUT2D eigenvalue weighted by Gasteiger charge is 2.22. The SMILES string of the molecule is COC(=O)c1cc(C)n2ncnc(C(=O)OC)c12. The lowest BCUT2D eigenvalue weighted by Gasteiger charge is -2.03. The van der Waals surface area contributed by atoms with Crippen molar-refractivity contribution in [2.24, 2.45) is 0 Å². The molecule has 94 valence electrons. The first kappa shape index (κ1) is 12.0. The van der Waals surface area contributed by atoms with Crippen molar-refractivity contribution in [2.45, 2.75) is 6.92 Å². The molecule has 0 amide bonds. The summed E-state index contributed by atoms with van der Waals surface area (Å²) in [5.74, 6) is -1.19. The van der Waals surface area contributed by atoms with E-state index < -0.39 is 11.9 Å². The summed E-state index contributed by atoms with van der Waals surface area (Å²) in [4.78, 5) is 27.1. The summed E-state index contributed by atoms with van der Waals surface area (Å²) in [5.41, 5.74) is 1.24. The molecule has 0 spiro atoms. The topological polar surface area (TPSA) is 82.8 Å². The van der Waals surface area contributed by atoms with E-state index in [4.69, 9.17) is 0 Å². The first-order valence-electron chi connectivity index (χ1n) is 5.10. The number of nitrogens with zero attached hydrogens (tertiary/aromatic N) is 3. The number of rotatable bonds is 2. The summed E-state index contributed by atoms with van der Waals surface area (Å²) in [6, 6.07) is 1.59. The van der Waals surface area contributed by atoms with Gasteiger partial charge in [0.15, 0.2) is 5.69 Å². The molecule has 18 heavy (non-hydrogen) atoms. The van der Waals surface area contributed by atoms with E-state index in [1.165, 1.54) is 25.1 Å². The van der Waals surface area contributed by atoms with Crippen LogP contribution in [0.4, 0.5) is 0 Å². The largest absolute Gasteiger partial charge is 0.465 e. The van der Waals surface area contributed by atoms with Gasteiger partial charge in [-0.2, -0.15) is 5.10 Å². The van der Waals surface area contributed by atoms with Crippen LogP contribution >= 0.6 is 0 Å². The minimum Gasteiger partial charge on any atom is -0.465 e. The van der Waals surface area contributed by atoms with Crippen LogP contribution in [0.3, 0.4) is 0 Å². The second-order valence-electron chi connectivity index (χ2n) is 3.55. The summed E-state index contributed by atoms with van der Waals surface area (Å²) in [5, 5.41) is 3.99. The fraction of sp³-hybridized carbons (Fsp3) is 0.273. The van der Waals surface area contributed by atoms with E-state index in [0.29, 0.717) is 5.69 Å². The lowest BCUT2D eigenvalue weighted by atomic mass is 10.2. The molecule has 0 bridgehead atoms. The van der Waals surface area contributed by atoms with Gasteiger partial charge in [0.25, 0.3) is 0 Å². The Kier molecular flexibility index (Phi) is 2.97. The number of esters is 2. The summed E-state index contributed by atoms with van der Waals surface area (Å²) < 4.78 is 10.7. The zero-order chi connectivity index (χ0) is 13.3. The van der Waals surface area contributed by atoms with Crippen molar-refractivity contribution in [3.05, 3.63) is 29.3 Å². The van der Waals surface area contributed by atoms with Crippen LogP contribution in [-0.2, 0) is 9.47 Å². The average molecular weight is 249 g/mol. The predicted molar refractivity (Wildman–Crippen MR) is 60.4 cm³/mol. The summed E-state index contributed by atoms with van der Waals surface area (Å²) in [6.45, 7) is 1.76. The van der Waals surface area contributed by atoms with Gasteiger partial charge in [-0.3, -0.25) is 0 Å². The number of hydrogen-bond donors (Lipinski definition) is 0.